The van der Waals surface area contributed by atoms with Gasteiger partial charge in [-0.05, 0) is 73.1 Å². The fourth-order valence-electron chi connectivity index (χ4n) is 3.25. The van der Waals surface area contributed by atoms with E-state index in [1.165, 1.54) is 46.5 Å². The van der Waals surface area contributed by atoms with E-state index in [0.29, 0.717) is 5.75 Å². The van der Waals surface area contributed by atoms with Crippen LogP contribution in [0.2, 0.25) is 0 Å². The molecule has 0 aliphatic heterocycles. The van der Waals surface area contributed by atoms with Crippen molar-refractivity contribution in [3.05, 3.63) is 59.1 Å². The molecule has 9 heteroatoms. The summed E-state index contributed by atoms with van der Waals surface area (Å²) in [7, 11) is -3.65. The third-order valence-corrected chi connectivity index (χ3v) is 6.86. The molecule has 1 amide bonds. The Bertz CT molecular complexity index is 1020. The highest BCUT2D eigenvalue weighted by Crippen LogP contribution is 2.15. The maximum Gasteiger partial charge on any atom is 0.295 e. The lowest BCUT2D eigenvalue weighted by Gasteiger charge is -2.16. The van der Waals surface area contributed by atoms with Crippen molar-refractivity contribution in [2.24, 2.45) is 0 Å². The summed E-state index contributed by atoms with van der Waals surface area (Å²) < 4.78 is 30.0. The number of sulfonamides is 1. The number of hydrogen-bond donors (Lipinski definition) is 2. The SMILES string of the molecule is CC(C)=CCC/C(C)=C/CC/C(C)=C/CC/C(C)=C/CSCC(Nc1ncco1)C(=O)NS(C)(=O)=O. The minimum absolute atomic E-state index is 0.174. The van der Waals surface area contributed by atoms with Gasteiger partial charge in [-0.1, -0.05) is 46.6 Å². The number of anilines is 1. The second-order valence-electron chi connectivity index (χ2n) is 9.36. The summed E-state index contributed by atoms with van der Waals surface area (Å²) in [5.41, 5.74) is 5.55. The van der Waals surface area contributed by atoms with E-state index < -0.39 is 22.0 Å². The van der Waals surface area contributed by atoms with E-state index in [-0.39, 0.29) is 6.01 Å². The van der Waals surface area contributed by atoms with Crippen LogP contribution in [0.3, 0.4) is 0 Å². The lowest BCUT2D eigenvalue weighted by molar-refractivity contribution is -0.119. The number of nitrogens with zero attached hydrogens (tertiary/aromatic N) is 1. The third-order valence-electron chi connectivity index (χ3n) is 5.32. The number of carbonyl (C=O) groups excluding carboxylic acids is 1. The molecular weight excluding hydrogens is 494 g/mol. The minimum Gasteiger partial charge on any atom is -0.432 e. The molecule has 1 aromatic heterocycles. The number of thioether (sulfide) groups is 1. The molecule has 0 saturated carbocycles. The normalized spacial score (nSPS) is 13.9. The van der Waals surface area contributed by atoms with Gasteiger partial charge >= 0.3 is 0 Å². The first-order chi connectivity index (χ1) is 17.0. The molecule has 1 aromatic rings. The topological polar surface area (TPSA) is 101 Å². The van der Waals surface area contributed by atoms with E-state index in [1.54, 1.807) is 0 Å². The van der Waals surface area contributed by atoms with Crippen LogP contribution in [-0.2, 0) is 14.8 Å². The van der Waals surface area contributed by atoms with Gasteiger partial charge in [-0.2, -0.15) is 11.8 Å². The highest BCUT2D eigenvalue weighted by atomic mass is 32.2. The molecule has 2 N–H and O–H groups in total. The van der Waals surface area contributed by atoms with Crippen LogP contribution in [-0.4, -0.2) is 43.1 Å². The summed E-state index contributed by atoms with van der Waals surface area (Å²) in [5, 5.41) is 2.84. The summed E-state index contributed by atoms with van der Waals surface area (Å²) in [6, 6.07) is -0.611. The molecule has 0 spiro atoms. The quantitative estimate of drug-likeness (QED) is 0.175. The van der Waals surface area contributed by atoms with Gasteiger partial charge in [0.15, 0.2) is 0 Å². The molecule has 0 aromatic carbocycles. The number of amides is 1. The Kier molecular flexibility index (Phi) is 15.2. The molecule has 0 radical (unpaired) electrons. The van der Waals surface area contributed by atoms with Gasteiger partial charge in [0.05, 0.1) is 12.5 Å². The van der Waals surface area contributed by atoms with Crippen molar-refractivity contribution in [3.63, 3.8) is 0 Å². The van der Waals surface area contributed by atoms with Gasteiger partial charge in [0.1, 0.15) is 12.3 Å². The van der Waals surface area contributed by atoms with Crippen molar-refractivity contribution in [1.82, 2.24) is 9.71 Å². The predicted molar refractivity (Wildman–Crippen MR) is 153 cm³/mol. The zero-order valence-electron chi connectivity index (χ0n) is 22.6. The van der Waals surface area contributed by atoms with Crippen molar-refractivity contribution in [1.29, 1.82) is 0 Å². The number of hydrogen-bond acceptors (Lipinski definition) is 7. The molecule has 1 rings (SSSR count). The maximum atomic E-state index is 12.3. The number of aromatic nitrogens is 1. The average Bonchev–Trinajstić information content (AvgIpc) is 3.27. The molecule has 0 aliphatic carbocycles. The second kappa shape index (κ2) is 17.2. The van der Waals surface area contributed by atoms with Crippen molar-refractivity contribution in [2.75, 3.05) is 23.1 Å². The van der Waals surface area contributed by atoms with E-state index in [1.807, 2.05) is 4.72 Å². The van der Waals surface area contributed by atoms with Crippen LogP contribution in [0, 0.1) is 0 Å². The average molecular weight is 538 g/mol. The molecule has 36 heavy (non-hydrogen) atoms. The summed E-state index contributed by atoms with van der Waals surface area (Å²) in [5.74, 6) is 0.456. The predicted octanol–water partition coefficient (Wildman–Crippen LogP) is 6.41. The van der Waals surface area contributed by atoms with Crippen molar-refractivity contribution in [3.8, 4) is 0 Å². The van der Waals surface area contributed by atoms with Crippen LogP contribution in [0.1, 0.15) is 73.1 Å². The van der Waals surface area contributed by atoms with E-state index in [9.17, 15) is 13.2 Å². The van der Waals surface area contributed by atoms with Crippen LogP contribution in [0.15, 0.2) is 63.5 Å². The molecule has 0 bridgehead atoms. The van der Waals surface area contributed by atoms with Gasteiger partial charge in [-0.25, -0.2) is 13.4 Å². The van der Waals surface area contributed by atoms with Gasteiger partial charge < -0.3 is 9.73 Å². The highest BCUT2D eigenvalue weighted by Gasteiger charge is 2.22. The van der Waals surface area contributed by atoms with Crippen molar-refractivity contribution < 1.29 is 17.6 Å². The first-order valence-electron chi connectivity index (χ1n) is 12.3. The number of nitrogens with one attached hydrogen (secondary N) is 2. The number of rotatable bonds is 17. The molecule has 0 saturated heterocycles. The molecule has 1 unspecified atom stereocenters. The van der Waals surface area contributed by atoms with E-state index in [4.69, 9.17) is 4.42 Å². The van der Waals surface area contributed by atoms with Gasteiger partial charge in [-0.15, -0.1) is 0 Å². The van der Waals surface area contributed by atoms with Crippen LogP contribution >= 0.6 is 11.8 Å². The number of carbonyl (C=O) groups is 1. The second-order valence-corrected chi connectivity index (χ2v) is 12.2. The maximum absolute atomic E-state index is 12.3. The van der Waals surface area contributed by atoms with Crippen molar-refractivity contribution in [2.45, 2.75) is 79.2 Å². The molecule has 0 aliphatic rings. The van der Waals surface area contributed by atoms with Crippen LogP contribution in [0.25, 0.3) is 0 Å². The van der Waals surface area contributed by atoms with Gasteiger partial charge in [-0.3, -0.25) is 9.52 Å². The lowest BCUT2D eigenvalue weighted by atomic mass is 10.0. The molecule has 1 heterocycles. The Balaban J connectivity index is 2.40. The largest absolute Gasteiger partial charge is 0.432 e. The van der Waals surface area contributed by atoms with E-state index in [0.717, 1.165) is 50.5 Å². The standard InChI is InChI=1S/C27H43N3O4S2/c1-21(2)10-7-11-22(3)12-8-13-23(4)14-9-15-24(5)16-19-35-20-25(26(31)30-36(6,32)33)29-27-28-17-18-34-27/h10,12,14,16-18,25H,7-9,11,13,15,19-20H2,1-6H3,(H,28,29)(H,30,31)/b22-12+,23-14+,24-16+. The van der Waals surface area contributed by atoms with Gasteiger partial charge in [0.2, 0.25) is 10.0 Å². The van der Waals surface area contributed by atoms with Crippen molar-refractivity contribution >= 4 is 33.7 Å². The number of oxazole rings is 1. The van der Waals surface area contributed by atoms with Crippen LogP contribution in [0.4, 0.5) is 6.01 Å². The smallest absolute Gasteiger partial charge is 0.295 e. The first-order valence-corrected chi connectivity index (χ1v) is 15.4. The van der Waals surface area contributed by atoms with E-state index >= 15 is 0 Å². The summed E-state index contributed by atoms with van der Waals surface area (Å²) in [4.78, 5) is 16.3. The fraction of sp³-hybridized carbons (Fsp3) is 0.556. The Morgan fingerprint density at radius 3 is 2.03 bits per heavy atom. The summed E-state index contributed by atoms with van der Waals surface area (Å²) in [6.45, 7) is 10.8. The Hall–Kier alpha value is -2.26. The summed E-state index contributed by atoms with van der Waals surface area (Å²) in [6.07, 6.45) is 19.3. The van der Waals surface area contributed by atoms with Gasteiger partial charge in [0, 0.05) is 11.5 Å². The van der Waals surface area contributed by atoms with Crippen LogP contribution in [0.5, 0.6) is 0 Å². The molecular formula is C27H43N3O4S2. The van der Waals surface area contributed by atoms with Crippen LogP contribution < -0.4 is 10.0 Å². The zero-order valence-corrected chi connectivity index (χ0v) is 24.2. The molecule has 1 atom stereocenters. The molecule has 0 fully saturated rings. The monoisotopic (exact) mass is 537 g/mol. The molecule has 7 nitrogen and oxygen atoms in total. The first kappa shape index (κ1) is 31.8. The Morgan fingerprint density at radius 2 is 1.53 bits per heavy atom. The zero-order chi connectivity index (χ0) is 27.0. The van der Waals surface area contributed by atoms with Gasteiger partial charge in [0.25, 0.3) is 11.9 Å². The van der Waals surface area contributed by atoms with E-state index in [2.05, 4.69) is 69.2 Å². The molecule has 202 valence electrons. The third kappa shape index (κ3) is 16.4. The highest BCUT2D eigenvalue weighted by molar-refractivity contribution is 7.99. The fourth-order valence-corrected chi connectivity index (χ4v) is 4.77. The summed E-state index contributed by atoms with van der Waals surface area (Å²) >= 11 is 1.54. The lowest BCUT2D eigenvalue weighted by Crippen LogP contribution is -2.43. The minimum atomic E-state index is -3.65. The Morgan fingerprint density at radius 1 is 0.972 bits per heavy atom. The Labute approximate surface area is 222 Å². The number of allylic oxidation sites excluding steroid dienone is 7.